The lowest BCUT2D eigenvalue weighted by molar-refractivity contribution is -0.106. The van der Waals surface area contributed by atoms with Crippen LogP contribution in [0.4, 0.5) is 5.69 Å². The summed E-state index contributed by atoms with van der Waals surface area (Å²) in [5.74, 6) is 0. The largest absolute Gasteiger partial charge is 0.368 e. The van der Waals surface area contributed by atoms with E-state index in [1.807, 2.05) is 36.2 Å². The van der Waals surface area contributed by atoms with Crippen LogP contribution in [-0.4, -0.2) is 19.9 Å². The van der Waals surface area contributed by atoms with Gasteiger partial charge >= 0.3 is 0 Å². The summed E-state index contributed by atoms with van der Waals surface area (Å²) in [5, 5.41) is 0. The number of halogens is 1. The standard InChI is InChI=1S/C9H10BrNO/c1-11(6-7-12)9-4-2-8(10)3-5-9/h2-5,7H,6H2,1H3. The van der Waals surface area contributed by atoms with Gasteiger partial charge in [0.15, 0.2) is 0 Å². The van der Waals surface area contributed by atoms with E-state index in [0.717, 1.165) is 16.4 Å². The second-order valence-electron chi connectivity index (χ2n) is 2.52. The highest BCUT2D eigenvalue weighted by atomic mass is 79.9. The molecule has 0 aliphatic carbocycles. The van der Waals surface area contributed by atoms with Crippen LogP contribution in [0.5, 0.6) is 0 Å². The summed E-state index contributed by atoms with van der Waals surface area (Å²) in [4.78, 5) is 12.1. The van der Waals surface area contributed by atoms with Gasteiger partial charge in [-0.1, -0.05) is 15.9 Å². The molecule has 0 heterocycles. The molecular weight excluding hydrogens is 218 g/mol. The van der Waals surface area contributed by atoms with Crippen molar-refractivity contribution in [3.63, 3.8) is 0 Å². The molecule has 1 aromatic rings. The maximum atomic E-state index is 10.2. The lowest BCUT2D eigenvalue weighted by Gasteiger charge is -2.15. The number of hydrogen-bond acceptors (Lipinski definition) is 2. The number of nitrogens with zero attached hydrogens (tertiary/aromatic N) is 1. The van der Waals surface area contributed by atoms with Crippen molar-refractivity contribution in [3.8, 4) is 0 Å². The van der Waals surface area contributed by atoms with Gasteiger partial charge in [-0.3, -0.25) is 0 Å². The fourth-order valence-corrected chi connectivity index (χ4v) is 1.18. The van der Waals surface area contributed by atoms with Gasteiger partial charge in [0.1, 0.15) is 6.29 Å². The van der Waals surface area contributed by atoms with E-state index in [-0.39, 0.29) is 0 Å². The van der Waals surface area contributed by atoms with E-state index in [2.05, 4.69) is 15.9 Å². The average Bonchev–Trinajstić information content (AvgIpc) is 2.06. The molecule has 0 atom stereocenters. The zero-order chi connectivity index (χ0) is 8.97. The Hall–Kier alpha value is -0.830. The minimum absolute atomic E-state index is 0.432. The van der Waals surface area contributed by atoms with Crippen molar-refractivity contribution < 1.29 is 4.79 Å². The summed E-state index contributed by atoms with van der Waals surface area (Å²) in [6.07, 6.45) is 0.891. The van der Waals surface area contributed by atoms with Gasteiger partial charge in [-0.25, -0.2) is 0 Å². The molecular formula is C9H10BrNO. The van der Waals surface area contributed by atoms with E-state index in [4.69, 9.17) is 0 Å². The van der Waals surface area contributed by atoms with Crippen molar-refractivity contribution in [2.24, 2.45) is 0 Å². The minimum Gasteiger partial charge on any atom is -0.368 e. The maximum absolute atomic E-state index is 10.2. The van der Waals surface area contributed by atoms with Gasteiger partial charge in [-0.05, 0) is 24.3 Å². The van der Waals surface area contributed by atoms with Crippen LogP contribution in [0, 0.1) is 0 Å². The second kappa shape index (κ2) is 4.26. The normalized spacial score (nSPS) is 9.50. The first kappa shape index (κ1) is 9.26. The molecule has 3 heteroatoms. The van der Waals surface area contributed by atoms with Crippen molar-refractivity contribution >= 4 is 27.9 Å². The van der Waals surface area contributed by atoms with Gasteiger partial charge in [0.05, 0.1) is 6.54 Å². The third kappa shape index (κ3) is 2.34. The molecule has 1 rings (SSSR count). The SMILES string of the molecule is CN(CC=O)c1ccc(Br)cc1. The molecule has 12 heavy (non-hydrogen) atoms. The summed E-state index contributed by atoms with van der Waals surface area (Å²) >= 11 is 3.35. The van der Waals surface area contributed by atoms with Crippen LogP contribution in [0.15, 0.2) is 28.7 Å². The molecule has 0 fully saturated rings. The molecule has 0 aliphatic heterocycles. The Labute approximate surface area is 80.3 Å². The number of rotatable bonds is 3. The average molecular weight is 228 g/mol. The van der Waals surface area contributed by atoms with Crippen LogP contribution in [0.3, 0.4) is 0 Å². The molecule has 0 N–H and O–H groups in total. The Balaban J connectivity index is 2.74. The van der Waals surface area contributed by atoms with Crippen LogP contribution in [0.25, 0.3) is 0 Å². The van der Waals surface area contributed by atoms with E-state index in [9.17, 15) is 4.79 Å². The highest BCUT2D eigenvalue weighted by Crippen LogP contribution is 2.16. The Bertz CT molecular complexity index is 258. The third-order valence-electron chi connectivity index (χ3n) is 1.62. The van der Waals surface area contributed by atoms with E-state index >= 15 is 0 Å². The van der Waals surface area contributed by atoms with Crippen LogP contribution >= 0.6 is 15.9 Å². The molecule has 0 saturated carbocycles. The molecule has 0 aromatic heterocycles. The van der Waals surface area contributed by atoms with Gasteiger partial charge in [-0.2, -0.15) is 0 Å². The Morgan fingerprint density at radius 3 is 2.50 bits per heavy atom. The van der Waals surface area contributed by atoms with Crippen LogP contribution in [-0.2, 0) is 4.79 Å². The highest BCUT2D eigenvalue weighted by molar-refractivity contribution is 9.10. The van der Waals surface area contributed by atoms with Crippen LogP contribution < -0.4 is 4.90 Å². The zero-order valence-electron chi connectivity index (χ0n) is 6.83. The van der Waals surface area contributed by atoms with E-state index in [1.54, 1.807) is 0 Å². The molecule has 0 spiro atoms. The van der Waals surface area contributed by atoms with E-state index < -0.39 is 0 Å². The molecule has 0 bridgehead atoms. The maximum Gasteiger partial charge on any atom is 0.139 e. The summed E-state index contributed by atoms with van der Waals surface area (Å²) in [5.41, 5.74) is 1.05. The van der Waals surface area contributed by atoms with Crippen molar-refractivity contribution in [2.45, 2.75) is 0 Å². The summed E-state index contributed by atoms with van der Waals surface area (Å²) in [6, 6.07) is 7.84. The first-order valence-corrected chi connectivity index (χ1v) is 4.43. The molecule has 2 nitrogen and oxygen atoms in total. The molecule has 0 amide bonds. The number of anilines is 1. The monoisotopic (exact) mass is 227 g/mol. The molecule has 0 radical (unpaired) electrons. The first-order chi connectivity index (χ1) is 5.74. The van der Waals surface area contributed by atoms with Crippen molar-refractivity contribution in [3.05, 3.63) is 28.7 Å². The summed E-state index contributed by atoms with van der Waals surface area (Å²) in [6.45, 7) is 0.432. The van der Waals surface area contributed by atoms with Crippen LogP contribution in [0.1, 0.15) is 0 Å². The van der Waals surface area contributed by atoms with Crippen LogP contribution in [0.2, 0.25) is 0 Å². The van der Waals surface area contributed by atoms with Crippen molar-refractivity contribution in [1.82, 2.24) is 0 Å². The lowest BCUT2D eigenvalue weighted by atomic mass is 10.3. The zero-order valence-corrected chi connectivity index (χ0v) is 8.41. The van der Waals surface area contributed by atoms with Gasteiger partial charge in [0, 0.05) is 17.2 Å². The van der Waals surface area contributed by atoms with E-state index in [0.29, 0.717) is 6.54 Å². The lowest BCUT2D eigenvalue weighted by Crippen LogP contribution is -2.18. The minimum atomic E-state index is 0.432. The van der Waals surface area contributed by atoms with E-state index in [1.165, 1.54) is 0 Å². The number of carbonyl (C=O) groups excluding carboxylic acids is 1. The molecule has 0 saturated heterocycles. The molecule has 0 unspecified atom stereocenters. The van der Waals surface area contributed by atoms with Gasteiger partial charge in [0.2, 0.25) is 0 Å². The predicted octanol–water partition coefficient (Wildman–Crippen LogP) is 2.08. The van der Waals surface area contributed by atoms with Crippen molar-refractivity contribution in [1.29, 1.82) is 0 Å². The number of hydrogen-bond donors (Lipinski definition) is 0. The van der Waals surface area contributed by atoms with Gasteiger partial charge in [-0.15, -0.1) is 0 Å². The van der Waals surface area contributed by atoms with Gasteiger partial charge in [0.25, 0.3) is 0 Å². The smallest absolute Gasteiger partial charge is 0.139 e. The second-order valence-corrected chi connectivity index (χ2v) is 3.44. The predicted molar refractivity (Wildman–Crippen MR) is 53.5 cm³/mol. The molecule has 64 valence electrons. The number of aldehydes is 1. The number of carbonyl (C=O) groups is 1. The quantitative estimate of drug-likeness (QED) is 0.738. The fraction of sp³-hybridized carbons (Fsp3) is 0.222. The Kier molecular flexibility index (Phi) is 3.29. The van der Waals surface area contributed by atoms with Gasteiger partial charge < -0.3 is 9.69 Å². The third-order valence-corrected chi connectivity index (χ3v) is 2.14. The highest BCUT2D eigenvalue weighted by Gasteiger charge is 1.97. The molecule has 1 aromatic carbocycles. The number of benzene rings is 1. The summed E-state index contributed by atoms with van der Waals surface area (Å²) < 4.78 is 1.05. The Morgan fingerprint density at radius 2 is 2.00 bits per heavy atom. The number of likely N-dealkylation sites (N-methyl/N-ethyl adjacent to an activating group) is 1. The summed E-state index contributed by atoms with van der Waals surface area (Å²) in [7, 11) is 1.89. The fourth-order valence-electron chi connectivity index (χ4n) is 0.913. The first-order valence-electron chi connectivity index (χ1n) is 3.64. The van der Waals surface area contributed by atoms with Crippen molar-refractivity contribution in [2.75, 3.05) is 18.5 Å². The topological polar surface area (TPSA) is 20.3 Å². The Morgan fingerprint density at radius 1 is 1.42 bits per heavy atom. The molecule has 0 aliphatic rings.